The number of carbonyl (C=O) groups is 1. The van der Waals surface area contributed by atoms with Crippen LogP contribution in [0, 0.1) is 22.7 Å². The molecule has 0 aliphatic rings. The van der Waals surface area contributed by atoms with E-state index < -0.39 is 0 Å². The van der Waals surface area contributed by atoms with Crippen molar-refractivity contribution in [3.63, 3.8) is 0 Å². The average Bonchev–Trinajstić information content (AvgIpc) is 2.29. The quantitative estimate of drug-likeness (QED) is 0.614. The highest BCUT2D eigenvalue weighted by Crippen LogP contribution is 2.21. The highest BCUT2D eigenvalue weighted by molar-refractivity contribution is 6.36. The molecule has 0 amide bonds. The number of hydrogen-bond donors (Lipinski definition) is 0. The first-order valence-corrected chi connectivity index (χ1v) is 5.78. The van der Waals surface area contributed by atoms with E-state index in [4.69, 9.17) is 33.7 Å². The van der Waals surface area contributed by atoms with E-state index in [1.165, 1.54) is 17.0 Å². The molecule has 4 nitrogen and oxygen atoms in total. The van der Waals surface area contributed by atoms with Crippen molar-refractivity contribution in [1.29, 1.82) is 10.5 Å². The summed E-state index contributed by atoms with van der Waals surface area (Å²) in [5, 5.41) is 17.9. The second-order valence-electron chi connectivity index (χ2n) is 3.51. The van der Waals surface area contributed by atoms with Crippen molar-refractivity contribution in [3.05, 3.63) is 33.8 Å². The van der Waals surface area contributed by atoms with Crippen LogP contribution in [0.5, 0.6) is 0 Å². The molecule has 0 aliphatic heterocycles. The molecule has 0 radical (unpaired) electrons. The first-order valence-electron chi connectivity index (χ1n) is 5.03. The molecule has 92 valence electrons. The Kier molecular flexibility index (Phi) is 5.61. The SMILES string of the molecule is N#CCN(CC#N)CC(=O)c1ccc(Cl)cc1Cl. The summed E-state index contributed by atoms with van der Waals surface area (Å²) < 4.78 is 0. The second-order valence-corrected chi connectivity index (χ2v) is 4.35. The molecule has 0 aliphatic carbocycles. The van der Waals surface area contributed by atoms with E-state index in [-0.39, 0.29) is 30.4 Å². The normalized spacial score (nSPS) is 9.83. The van der Waals surface area contributed by atoms with Gasteiger partial charge in [0.15, 0.2) is 5.78 Å². The number of halogens is 2. The van der Waals surface area contributed by atoms with Crippen molar-refractivity contribution in [1.82, 2.24) is 4.90 Å². The molecule has 1 rings (SSSR count). The van der Waals surface area contributed by atoms with Gasteiger partial charge in [-0.25, -0.2) is 0 Å². The summed E-state index contributed by atoms with van der Waals surface area (Å²) in [6.07, 6.45) is 0. The van der Waals surface area contributed by atoms with Crippen LogP contribution in [0.4, 0.5) is 0 Å². The molecule has 1 aromatic carbocycles. The van der Waals surface area contributed by atoms with Crippen molar-refractivity contribution in [2.24, 2.45) is 0 Å². The van der Waals surface area contributed by atoms with Gasteiger partial charge in [-0.2, -0.15) is 10.5 Å². The Morgan fingerprint density at radius 1 is 1.22 bits per heavy atom. The van der Waals surface area contributed by atoms with Gasteiger partial charge in [0.05, 0.1) is 36.8 Å². The molecule has 0 saturated carbocycles. The molecule has 0 spiro atoms. The van der Waals surface area contributed by atoms with Crippen molar-refractivity contribution in [2.75, 3.05) is 19.6 Å². The van der Waals surface area contributed by atoms with Gasteiger partial charge < -0.3 is 0 Å². The number of Topliss-reactive ketones (excluding diaryl/α,β-unsaturated/α-hetero) is 1. The summed E-state index contributed by atoms with van der Waals surface area (Å²) in [5.41, 5.74) is 0.335. The van der Waals surface area contributed by atoms with E-state index in [1.54, 1.807) is 6.07 Å². The lowest BCUT2D eigenvalue weighted by molar-refractivity contribution is 0.0946. The van der Waals surface area contributed by atoms with E-state index in [2.05, 4.69) is 0 Å². The molecule has 0 saturated heterocycles. The minimum atomic E-state index is -0.248. The van der Waals surface area contributed by atoms with Crippen molar-refractivity contribution < 1.29 is 4.79 Å². The van der Waals surface area contributed by atoms with Crippen LogP contribution >= 0.6 is 23.2 Å². The fourth-order valence-electron chi connectivity index (χ4n) is 1.37. The Balaban J connectivity index is 2.81. The molecule has 0 bridgehead atoms. The summed E-state index contributed by atoms with van der Waals surface area (Å²) in [4.78, 5) is 13.4. The van der Waals surface area contributed by atoms with Gasteiger partial charge in [-0.05, 0) is 18.2 Å². The zero-order valence-electron chi connectivity index (χ0n) is 9.36. The van der Waals surface area contributed by atoms with E-state index in [9.17, 15) is 4.79 Å². The summed E-state index contributed by atoms with van der Waals surface area (Å²) in [7, 11) is 0. The number of nitriles is 2. The number of carbonyl (C=O) groups excluding carboxylic acids is 1. The summed E-state index contributed by atoms with van der Waals surface area (Å²) in [6.45, 7) is 0.0114. The van der Waals surface area contributed by atoms with E-state index in [1.807, 2.05) is 12.1 Å². The summed E-state index contributed by atoms with van der Waals surface area (Å²) >= 11 is 11.6. The molecular weight excluding hydrogens is 273 g/mol. The number of rotatable bonds is 5. The number of benzene rings is 1. The van der Waals surface area contributed by atoms with Gasteiger partial charge >= 0.3 is 0 Å². The van der Waals surface area contributed by atoms with Crippen LogP contribution in [-0.2, 0) is 0 Å². The lowest BCUT2D eigenvalue weighted by Gasteiger charge is -2.14. The predicted octanol–water partition coefficient (Wildman–Crippen LogP) is 2.53. The zero-order chi connectivity index (χ0) is 13.5. The van der Waals surface area contributed by atoms with Gasteiger partial charge in [-0.3, -0.25) is 9.69 Å². The highest BCUT2D eigenvalue weighted by Gasteiger charge is 2.15. The van der Waals surface area contributed by atoms with Gasteiger partial charge in [-0.15, -0.1) is 0 Å². The fourth-order valence-corrected chi connectivity index (χ4v) is 1.89. The van der Waals surface area contributed by atoms with Crippen molar-refractivity contribution in [2.45, 2.75) is 0 Å². The maximum Gasteiger partial charge on any atom is 0.178 e. The van der Waals surface area contributed by atoms with E-state index in [0.29, 0.717) is 10.6 Å². The van der Waals surface area contributed by atoms with Crippen LogP contribution < -0.4 is 0 Å². The Hall–Kier alpha value is -1.59. The molecule has 0 N–H and O–H groups in total. The smallest absolute Gasteiger partial charge is 0.178 e. The van der Waals surface area contributed by atoms with Gasteiger partial charge in [-0.1, -0.05) is 23.2 Å². The Labute approximate surface area is 115 Å². The van der Waals surface area contributed by atoms with Crippen LogP contribution in [0.1, 0.15) is 10.4 Å². The average molecular weight is 282 g/mol. The molecule has 0 atom stereocenters. The van der Waals surface area contributed by atoms with E-state index >= 15 is 0 Å². The molecule has 18 heavy (non-hydrogen) atoms. The number of ketones is 1. The largest absolute Gasteiger partial charge is 0.293 e. The first kappa shape index (κ1) is 14.5. The van der Waals surface area contributed by atoms with Gasteiger partial charge in [0.1, 0.15) is 0 Å². The van der Waals surface area contributed by atoms with Crippen LogP contribution in [-0.4, -0.2) is 30.3 Å². The van der Waals surface area contributed by atoms with Crippen LogP contribution in [0.25, 0.3) is 0 Å². The molecule has 0 heterocycles. The highest BCUT2D eigenvalue weighted by atomic mass is 35.5. The van der Waals surface area contributed by atoms with Crippen LogP contribution in [0.3, 0.4) is 0 Å². The molecule has 0 unspecified atom stereocenters. The predicted molar refractivity (Wildman–Crippen MR) is 68.5 cm³/mol. The third-order valence-electron chi connectivity index (χ3n) is 2.19. The van der Waals surface area contributed by atoms with Crippen molar-refractivity contribution >= 4 is 29.0 Å². The molecule has 0 aromatic heterocycles. The molecular formula is C12H9Cl2N3O. The third kappa shape index (κ3) is 4.01. The Morgan fingerprint density at radius 3 is 2.33 bits per heavy atom. The molecule has 6 heteroatoms. The molecule has 1 aromatic rings. The maximum absolute atomic E-state index is 11.9. The maximum atomic E-state index is 11.9. The topological polar surface area (TPSA) is 67.9 Å². The Morgan fingerprint density at radius 2 is 1.83 bits per heavy atom. The minimum Gasteiger partial charge on any atom is -0.293 e. The Bertz CT molecular complexity index is 515. The van der Waals surface area contributed by atoms with Crippen molar-refractivity contribution in [3.8, 4) is 12.1 Å². The van der Waals surface area contributed by atoms with Gasteiger partial charge in [0, 0.05) is 10.6 Å². The van der Waals surface area contributed by atoms with E-state index in [0.717, 1.165) is 0 Å². The van der Waals surface area contributed by atoms with Gasteiger partial charge in [0.25, 0.3) is 0 Å². The summed E-state index contributed by atoms with van der Waals surface area (Å²) in [6, 6.07) is 8.39. The lowest BCUT2D eigenvalue weighted by Crippen LogP contribution is -2.30. The number of hydrogen-bond acceptors (Lipinski definition) is 4. The summed E-state index contributed by atoms with van der Waals surface area (Å²) in [5.74, 6) is -0.248. The van der Waals surface area contributed by atoms with Crippen LogP contribution in [0.15, 0.2) is 18.2 Å². The minimum absolute atomic E-state index is 0.0184. The second kappa shape index (κ2) is 6.98. The molecule has 0 fully saturated rings. The fraction of sp³-hybridized carbons (Fsp3) is 0.250. The zero-order valence-corrected chi connectivity index (χ0v) is 10.9. The standard InChI is InChI=1S/C12H9Cl2N3O/c13-9-1-2-10(11(14)7-9)12(18)8-17(5-3-15)6-4-16/h1-2,7H,5-6,8H2. The third-order valence-corrected chi connectivity index (χ3v) is 2.74. The lowest BCUT2D eigenvalue weighted by atomic mass is 10.1. The number of nitrogens with zero attached hydrogens (tertiary/aromatic N) is 3. The van der Waals surface area contributed by atoms with Crippen LogP contribution in [0.2, 0.25) is 10.0 Å². The first-order chi connectivity index (χ1) is 8.58. The van der Waals surface area contributed by atoms with Gasteiger partial charge in [0.2, 0.25) is 0 Å². The monoisotopic (exact) mass is 281 g/mol.